The average Bonchev–Trinajstić information content (AvgIpc) is 2.55. The quantitative estimate of drug-likeness (QED) is 0.662. The van der Waals surface area contributed by atoms with Crippen LogP contribution in [0.5, 0.6) is 0 Å². The molecule has 112 valence electrons. The Morgan fingerprint density at radius 2 is 1.29 bits per heavy atom. The lowest BCUT2D eigenvalue weighted by Crippen LogP contribution is -2.34. The molecule has 0 aliphatic heterocycles. The minimum Gasteiger partial charge on any atom is -0.346 e. The Hall–Kier alpha value is -1.64. The summed E-state index contributed by atoms with van der Waals surface area (Å²) >= 11 is 0. The molecule has 0 fully saturated rings. The SMILES string of the molecule is CCOC(CCc1ccccc1)(OCC)c1ccccc1. The molecule has 0 aliphatic rings. The van der Waals surface area contributed by atoms with Gasteiger partial charge in [0.2, 0.25) is 0 Å². The molecule has 21 heavy (non-hydrogen) atoms. The minimum atomic E-state index is -0.652. The van der Waals surface area contributed by atoms with Gasteiger partial charge < -0.3 is 9.47 Å². The van der Waals surface area contributed by atoms with E-state index in [9.17, 15) is 0 Å². The molecule has 0 unspecified atom stereocenters. The monoisotopic (exact) mass is 284 g/mol. The summed E-state index contributed by atoms with van der Waals surface area (Å²) in [5.41, 5.74) is 2.39. The molecular weight excluding hydrogens is 260 g/mol. The van der Waals surface area contributed by atoms with Crippen molar-refractivity contribution < 1.29 is 9.47 Å². The van der Waals surface area contributed by atoms with E-state index in [0.717, 1.165) is 18.4 Å². The van der Waals surface area contributed by atoms with E-state index in [0.29, 0.717) is 13.2 Å². The van der Waals surface area contributed by atoms with E-state index in [4.69, 9.17) is 9.47 Å². The molecule has 0 heterocycles. The third-order valence-corrected chi connectivity index (χ3v) is 3.55. The Labute approximate surface area is 127 Å². The summed E-state index contributed by atoms with van der Waals surface area (Å²) in [6.07, 6.45) is 1.73. The summed E-state index contributed by atoms with van der Waals surface area (Å²) in [6, 6.07) is 20.7. The average molecular weight is 284 g/mol. The van der Waals surface area contributed by atoms with Gasteiger partial charge in [0.1, 0.15) is 0 Å². The highest BCUT2D eigenvalue weighted by Gasteiger charge is 2.33. The topological polar surface area (TPSA) is 18.5 Å². The van der Waals surface area contributed by atoms with Crippen molar-refractivity contribution in [1.29, 1.82) is 0 Å². The third-order valence-electron chi connectivity index (χ3n) is 3.55. The molecule has 0 spiro atoms. The van der Waals surface area contributed by atoms with E-state index < -0.39 is 5.79 Å². The fraction of sp³-hybridized carbons (Fsp3) is 0.368. The number of aryl methyl sites for hydroxylation is 1. The molecule has 0 saturated carbocycles. The van der Waals surface area contributed by atoms with Crippen LogP contribution in [-0.2, 0) is 21.7 Å². The van der Waals surface area contributed by atoms with Gasteiger partial charge in [-0.3, -0.25) is 0 Å². The number of rotatable bonds is 8. The van der Waals surface area contributed by atoms with Gasteiger partial charge in [0, 0.05) is 25.2 Å². The summed E-state index contributed by atoms with van der Waals surface area (Å²) in [6.45, 7) is 5.28. The first-order chi connectivity index (χ1) is 10.3. The summed E-state index contributed by atoms with van der Waals surface area (Å²) in [7, 11) is 0. The standard InChI is InChI=1S/C19H24O2/c1-3-20-19(21-4-2,18-13-9-6-10-14-18)16-15-17-11-7-5-8-12-17/h5-14H,3-4,15-16H2,1-2H3. The van der Waals surface area contributed by atoms with Gasteiger partial charge in [-0.1, -0.05) is 60.7 Å². The first-order valence-electron chi connectivity index (χ1n) is 7.68. The Morgan fingerprint density at radius 1 is 0.762 bits per heavy atom. The van der Waals surface area contributed by atoms with Crippen molar-refractivity contribution in [3.8, 4) is 0 Å². The molecule has 2 rings (SSSR count). The second kappa shape index (κ2) is 7.96. The van der Waals surface area contributed by atoms with E-state index in [1.165, 1.54) is 5.56 Å². The minimum absolute atomic E-state index is 0.629. The van der Waals surface area contributed by atoms with Crippen molar-refractivity contribution in [2.75, 3.05) is 13.2 Å². The highest BCUT2D eigenvalue weighted by molar-refractivity contribution is 5.22. The molecule has 2 aromatic rings. The smallest absolute Gasteiger partial charge is 0.195 e. The van der Waals surface area contributed by atoms with E-state index in [2.05, 4.69) is 36.4 Å². The first-order valence-corrected chi connectivity index (χ1v) is 7.68. The zero-order valence-electron chi connectivity index (χ0n) is 12.9. The van der Waals surface area contributed by atoms with Gasteiger partial charge >= 0.3 is 0 Å². The van der Waals surface area contributed by atoms with Crippen LogP contribution in [-0.4, -0.2) is 13.2 Å². The largest absolute Gasteiger partial charge is 0.346 e. The van der Waals surface area contributed by atoms with Gasteiger partial charge in [0.05, 0.1) is 0 Å². The van der Waals surface area contributed by atoms with Crippen LogP contribution in [0.1, 0.15) is 31.4 Å². The molecule has 0 atom stereocenters. The Balaban J connectivity index is 2.22. The Morgan fingerprint density at radius 3 is 1.81 bits per heavy atom. The molecule has 0 N–H and O–H groups in total. The van der Waals surface area contributed by atoms with E-state index in [1.54, 1.807) is 0 Å². The molecule has 2 heteroatoms. The molecule has 0 amide bonds. The van der Waals surface area contributed by atoms with Crippen molar-refractivity contribution in [3.63, 3.8) is 0 Å². The fourth-order valence-corrected chi connectivity index (χ4v) is 2.61. The van der Waals surface area contributed by atoms with Crippen LogP contribution < -0.4 is 0 Å². The highest BCUT2D eigenvalue weighted by Crippen LogP contribution is 2.32. The zero-order chi connectivity index (χ0) is 15.0. The summed E-state index contributed by atoms with van der Waals surface area (Å²) in [4.78, 5) is 0. The van der Waals surface area contributed by atoms with Gasteiger partial charge in [-0.25, -0.2) is 0 Å². The number of ether oxygens (including phenoxy) is 2. The second-order valence-electron chi connectivity index (χ2n) is 4.97. The fourth-order valence-electron chi connectivity index (χ4n) is 2.61. The molecule has 2 aromatic carbocycles. The highest BCUT2D eigenvalue weighted by atomic mass is 16.7. The molecule has 0 bridgehead atoms. The van der Waals surface area contributed by atoms with Crippen LogP contribution in [0.15, 0.2) is 60.7 Å². The molecule has 0 radical (unpaired) electrons. The summed E-state index contributed by atoms with van der Waals surface area (Å²) < 4.78 is 12.1. The maximum Gasteiger partial charge on any atom is 0.195 e. The maximum atomic E-state index is 6.06. The lowest BCUT2D eigenvalue weighted by Gasteiger charge is -2.34. The Kier molecular flexibility index (Phi) is 5.97. The first kappa shape index (κ1) is 15.7. The van der Waals surface area contributed by atoms with Crippen LogP contribution in [0.25, 0.3) is 0 Å². The van der Waals surface area contributed by atoms with Crippen molar-refractivity contribution in [2.45, 2.75) is 32.5 Å². The molecule has 0 saturated heterocycles. The van der Waals surface area contributed by atoms with Gasteiger partial charge in [-0.15, -0.1) is 0 Å². The van der Waals surface area contributed by atoms with Crippen LogP contribution in [0.2, 0.25) is 0 Å². The molecular formula is C19H24O2. The Bertz CT molecular complexity index is 502. The molecule has 0 aliphatic carbocycles. The predicted octanol–water partition coefficient (Wildman–Crippen LogP) is 4.55. The van der Waals surface area contributed by atoms with E-state index in [-0.39, 0.29) is 0 Å². The van der Waals surface area contributed by atoms with Gasteiger partial charge in [0.15, 0.2) is 5.79 Å². The van der Waals surface area contributed by atoms with Crippen molar-refractivity contribution >= 4 is 0 Å². The lowest BCUT2D eigenvalue weighted by molar-refractivity contribution is -0.246. The predicted molar refractivity (Wildman–Crippen MR) is 86.1 cm³/mol. The van der Waals surface area contributed by atoms with Crippen molar-refractivity contribution in [1.82, 2.24) is 0 Å². The molecule has 2 nitrogen and oxygen atoms in total. The van der Waals surface area contributed by atoms with Gasteiger partial charge in [-0.2, -0.15) is 0 Å². The maximum absolute atomic E-state index is 6.06. The number of hydrogen-bond acceptors (Lipinski definition) is 2. The lowest BCUT2D eigenvalue weighted by atomic mass is 9.97. The van der Waals surface area contributed by atoms with Gasteiger partial charge in [-0.05, 0) is 25.8 Å². The van der Waals surface area contributed by atoms with Crippen LogP contribution in [0.3, 0.4) is 0 Å². The number of benzene rings is 2. The summed E-state index contributed by atoms with van der Waals surface area (Å²) in [5.74, 6) is -0.652. The van der Waals surface area contributed by atoms with Crippen LogP contribution in [0, 0.1) is 0 Å². The normalized spacial score (nSPS) is 11.5. The zero-order valence-corrected chi connectivity index (χ0v) is 12.9. The van der Waals surface area contributed by atoms with Crippen LogP contribution in [0.4, 0.5) is 0 Å². The van der Waals surface area contributed by atoms with Crippen molar-refractivity contribution in [3.05, 3.63) is 71.8 Å². The van der Waals surface area contributed by atoms with Gasteiger partial charge in [0.25, 0.3) is 0 Å². The van der Waals surface area contributed by atoms with Crippen molar-refractivity contribution in [2.24, 2.45) is 0 Å². The summed E-state index contributed by atoms with van der Waals surface area (Å²) in [5, 5.41) is 0. The van der Waals surface area contributed by atoms with E-state index >= 15 is 0 Å². The second-order valence-corrected chi connectivity index (χ2v) is 4.97. The number of hydrogen-bond donors (Lipinski definition) is 0. The van der Waals surface area contributed by atoms with Crippen LogP contribution >= 0.6 is 0 Å². The third kappa shape index (κ3) is 4.16. The molecule has 0 aromatic heterocycles. The van der Waals surface area contributed by atoms with E-state index in [1.807, 2.05) is 38.1 Å².